The third-order valence-corrected chi connectivity index (χ3v) is 5.08. The van der Waals surface area contributed by atoms with Crippen molar-refractivity contribution in [3.63, 3.8) is 0 Å². The van der Waals surface area contributed by atoms with Gasteiger partial charge in [-0.3, -0.25) is 0 Å². The summed E-state index contributed by atoms with van der Waals surface area (Å²) < 4.78 is 59.4. The normalized spacial score (nSPS) is 11.6. The molecule has 4 nitrogen and oxygen atoms in total. The Kier molecular flexibility index (Phi) is 4.69. The van der Waals surface area contributed by atoms with Crippen LogP contribution in [0.25, 0.3) is 11.3 Å². The summed E-state index contributed by atoms with van der Waals surface area (Å²) >= 11 is 0. The molecule has 0 atom stereocenters. The largest absolute Gasteiger partial charge is 0.460 e. The molecule has 3 aromatic rings. The van der Waals surface area contributed by atoms with Crippen LogP contribution in [0.4, 0.5) is 8.78 Å². The molecule has 2 aromatic carbocycles. The Morgan fingerprint density at radius 2 is 1.76 bits per heavy atom. The minimum absolute atomic E-state index is 0.0349. The number of benzene rings is 2. The van der Waals surface area contributed by atoms with Crippen molar-refractivity contribution in [3.8, 4) is 11.3 Å². The number of rotatable bonds is 5. The van der Waals surface area contributed by atoms with E-state index in [2.05, 4.69) is 4.72 Å². The average Bonchev–Trinajstić information content (AvgIpc) is 3.05. The Morgan fingerprint density at radius 1 is 1.00 bits per heavy atom. The van der Waals surface area contributed by atoms with Gasteiger partial charge in [-0.2, -0.15) is 0 Å². The molecule has 0 saturated carbocycles. The molecule has 0 fully saturated rings. The van der Waals surface area contributed by atoms with Gasteiger partial charge in [-0.15, -0.1) is 0 Å². The second kappa shape index (κ2) is 6.78. The number of aryl methyl sites for hydroxylation is 1. The van der Waals surface area contributed by atoms with Gasteiger partial charge in [0.1, 0.15) is 23.2 Å². The molecule has 0 bridgehead atoms. The van der Waals surface area contributed by atoms with Crippen molar-refractivity contribution in [3.05, 3.63) is 77.6 Å². The fourth-order valence-electron chi connectivity index (χ4n) is 2.31. The number of halogens is 2. The van der Waals surface area contributed by atoms with E-state index in [0.29, 0.717) is 17.1 Å². The summed E-state index contributed by atoms with van der Waals surface area (Å²) in [5.41, 5.74) is 0.536. The predicted octanol–water partition coefficient (Wildman–Crippen LogP) is 4.01. The Bertz CT molecular complexity index is 1010. The number of hydrogen-bond acceptors (Lipinski definition) is 3. The second-order valence-electron chi connectivity index (χ2n) is 5.48. The molecule has 0 unspecified atom stereocenters. The highest BCUT2D eigenvalue weighted by Gasteiger charge is 2.16. The molecule has 0 saturated heterocycles. The zero-order valence-electron chi connectivity index (χ0n) is 13.3. The lowest BCUT2D eigenvalue weighted by atomic mass is 10.1. The van der Waals surface area contributed by atoms with E-state index in [0.717, 1.165) is 6.07 Å². The molecule has 0 aliphatic carbocycles. The molecule has 1 heterocycles. The van der Waals surface area contributed by atoms with Crippen LogP contribution >= 0.6 is 0 Å². The van der Waals surface area contributed by atoms with Crippen molar-refractivity contribution < 1.29 is 21.6 Å². The van der Waals surface area contributed by atoms with E-state index in [1.54, 1.807) is 30.3 Å². The van der Waals surface area contributed by atoms with Gasteiger partial charge < -0.3 is 4.42 Å². The van der Waals surface area contributed by atoms with Crippen LogP contribution in [0.3, 0.4) is 0 Å². The quantitative estimate of drug-likeness (QED) is 0.745. The summed E-state index contributed by atoms with van der Waals surface area (Å²) in [6.45, 7) is 1.38. The molecule has 0 amide bonds. The van der Waals surface area contributed by atoms with Crippen LogP contribution in [0.5, 0.6) is 0 Å². The van der Waals surface area contributed by atoms with Crippen LogP contribution in [-0.4, -0.2) is 8.42 Å². The fraction of sp³-hybridized carbons (Fsp3) is 0.111. The SMILES string of the molecule is Cc1cc(S(=O)(=O)NCc2ccc(-c3ccccc3F)o2)ccc1F. The molecule has 3 rings (SSSR count). The van der Waals surface area contributed by atoms with Crippen LogP contribution in [0, 0.1) is 18.6 Å². The van der Waals surface area contributed by atoms with E-state index in [4.69, 9.17) is 4.42 Å². The molecule has 0 radical (unpaired) electrons. The minimum atomic E-state index is -3.81. The van der Waals surface area contributed by atoms with Crippen molar-refractivity contribution in [2.45, 2.75) is 18.4 Å². The first-order chi connectivity index (χ1) is 11.9. The summed E-state index contributed by atoms with van der Waals surface area (Å²) in [6, 6.07) is 12.8. The third kappa shape index (κ3) is 3.78. The van der Waals surface area contributed by atoms with E-state index in [1.165, 1.54) is 25.1 Å². The Labute approximate surface area is 144 Å². The summed E-state index contributed by atoms with van der Waals surface area (Å²) in [6.07, 6.45) is 0. The summed E-state index contributed by atoms with van der Waals surface area (Å²) in [7, 11) is -3.81. The highest BCUT2D eigenvalue weighted by Crippen LogP contribution is 2.25. The maximum atomic E-state index is 13.7. The third-order valence-electron chi connectivity index (χ3n) is 3.68. The Balaban J connectivity index is 1.75. The molecule has 0 spiro atoms. The van der Waals surface area contributed by atoms with Crippen LogP contribution in [0.2, 0.25) is 0 Å². The first-order valence-electron chi connectivity index (χ1n) is 7.46. The van der Waals surface area contributed by atoms with Gasteiger partial charge >= 0.3 is 0 Å². The Hall–Kier alpha value is -2.51. The molecule has 1 aromatic heterocycles. The maximum Gasteiger partial charge on any atom is 0.240 e. The van der Waals surface area contributed by atoms with Gasteiger partial charge in [-0.1, -0.05) is 12.1 Å². The molecule has 25 heavy (non-hydrogen) atoms. The zero-order chi connectivity index (χ0) is 18.0. The number of hydrogen-bond donors (Lipinski definition) is 1. The summed E-state index contributed by atoms with van der Waals surface area (Å²) in [5.74, 6) is -0.254. The van der Waals surface area contributed by atoms with Gasteiger partial charge in [0.25, 0.3) is 0 Å². The van der Waals surface area contributed by atoms with Gasteiger partial charge in [-0.05, 0) is 55.0 Å². The van der Waals surface area contributed by atoms with Crippen molar-refractivity contribution in [1.29, 1.82) is 0 Å². The predicted molar refractivity (Wildman–Crippen MR) is 89.3 cm³/mol. The van der Waals surface area contributed by atoms with E-state index in [1.807, 2.05) is 0 Å². The number of sulfonamides is 1. The van der Waals surface area contributed by atoms with E-state index < -0.39 is 21.7 Å². The van der Waals surface area contributed by atoms with E-state index in [9.17, 15) is 17.2 Å². The number of nitrogens with one attached hydrogen (secondary N) is 1. The van der Waals surface area contributed by atoms with Crippen molar-refractivity contribution >= 4 is 10.0 Å². The van der Waals surface area contributed by atoms with Gasteiger partial charge in [0.05, 0.1) is 17.0 Å². The van der Waals surface area contributed by atoms with Gasteiger partial charge in [0.2, 0.25) is 10.0 Å². The van der Waals surface area contributed by atoms with Crippen LogP contribution in [-0.2, 0) is 16.6 Å². The minimum Gasteiger partial charge on any atom is -0.460 e. The highest BCUT2D eigenvalue weighted by atomic mass is 32.2. The highest BCUT2D eigenvalue weighted by molar-refractivity contribution is 7.89. The zero-order valence-corrected chi connectivity index (χ0v) is 14.1. The number of furan rings is 1. The standard InChI is InChI=1S/C18H15F2NO3S/c1-12-10-14(7-8-16(12)19)25(22,23)21-11-13-6-9-18(24-13)15-4-2-3-5-17(15)20/h2-10,21H,11H2,1H3. The molecule has 0 aliphatic rings. The lowest BCUT2D eigenvalue weighted by Crippen LogP contribution is -2.23. The molecular formula is C18H15F2NO3S. The van der Waals surface area contributed by atoms with Crippen molar-refractivity contribution in [1.82, 2.24) is 4.72 Å². The monoisotopic (exact) mass is 363 g/mol. The van der Waals surface area contributed by atoms with Crippen molar-refractivity contribution in [2.24, 2.45) is 0 Å². The van der Waals surface area contributed by atoms with Crippen LogP contribution in [0.1, 0.15) is 11.3 Å². The smallest absolute Gasteiger partial charge is 0.240 e. The Morgan fingerprint density at radius 3 is 2.48 bits per heavy atom. The van der Waals surface area contributed by atoms with Crippen molar-refractivity contribution in [2.75, 3.05) is 0 Å². The first kappa shape index (κ1) is 17.3. The van der Waals surface area contributed by atoms with E-state index >= 15 is 0 Å². The first-order valence-corrected chi connectivity index (χ1v) is 8.94. The summed E-state index contributed by atoms with van der Waals surface area (Å²) in [4.78, 5) is -0.0349. The summed E-state index contributed by atoms with van der Waals surface area (Å²) in [5, 5.41) is 0. The van der Waals surface area contributed by atoms with Crippen LogP contribution < -0.4 is 4.72 Å². The maximum absolute atomic E-state index is 13.7. The van der Waals surface area contributed by atoms with Gasteiger partial charge in [0.15, 0.2) is 0 Å². The van der Waals surface area contributed by atoms with Gasteiger partial charge in [0, 0.05) is 0 Å². The lowest BCUT2D eigenvalue weighted by molar-refractivity contribution is 0.505. The molecule has 130 valence electrons. The second-order valence-corrected chi connectivity index (χ2v) is 7.25. The fourth-order valence-corrected chi connectivity index (χ4v) is 3.39. The molecule has 1 N–H and O–H groups in total. The van der Waals surface area contributed by atoms with Gasteiger partial charge in [-0.25, -0.2) is 21.9 Å². The van der Waals surface area contributed by atoms with Crippen LogP contribution in [0.15, 0.2) is 63.9 Å². The van der Waals surface area contributed by atoms with E-state index in [-0.39, 0.29) is 17.0 Å². The molecular weight excluding hydrogens is 348 g/mol. The average molecular weight is 363 g/mol. The topological polar surface area (TPSA) is 59.3 Å². The molecule has 7 heteroatoms. The lowest BCUT2D eigenvalue weighted by Gasteiger charge is -2.07. The molecule has 0 aliphatic heterocycles.